The van der Waals surface area contributed by atoms with Gasteiger partial charge in [-0.15, -0.1) is 0 Å². The van der Waals surface area contributed by atoms with Gasteiger partial charge in [-0.1, -0.05) is 35.9 Å². The Bertz CT molecular complexity index is 781. The molecule has 1 aliphatic heterocycles. The van der Waals surface area contributed by atoms with Crippen LogP contribution in [0.2, 0.25) is 0 Å². The molecule has 26 heavy (non-hydrogen) atoms. The number of nitrogens with one attached hydrogen (secondary N) is 1. The molecule has 5 nitrogen and oxygen atoms in total. The van der Waals surface area contributed by atoms with Crippen LogP contribution in [0.1, 0.15) is 21.5 Å². The van der Waals surface area contributed by atoms with Gasteiger partial charge in [0.1, 0.15) is 0 Å². The normalized spacial score (nSPS) is 14.9. The predicted molar refractivity (Wildman–Crippen MR) is 104 cm³/mol. The Kier molecular flexibility index (Phi) is 5.68. The Labute approximate surface area is 154 Å². The molecule has 1 aliphatic rings. The number of hydrogen-bond acceptors (Lipinski definition) is 3. The topological polar surface area (TPSA) is 52.7 Å². The van der Waals surface area contributed by atoms with Crippen LogP contribution in [0, 0.1) is 13.8 Å². The lowest BCUT2D eigenvalue weighted by atomic mass is 10.0. The highest BCUT2D eigenvalue weighted by Crippen LogP contribution is 2.13. The fourth-order valence-electron chi connectivity index (χ4n) is 3.16. The number of amides is 2. The number of hydrogen-bond donors (Lipinski definition) is 1. The summed E-state index contributed by atoms with van der Waals surface area (Å²) in [6.07, 6.45) is 0. The highest BCUT2D eigenvalue weighted by atomic mass is 16.2. The van der Waals surface area contributed by atoms with Gasteiger partial charge >= 0.3 is 6.03 Å². The molecule has 2 aromatic carbocycles. The van der Waals surface area contributed by atoms with Crippen molar-refractivity contribution in [3.05, 3.63) is 65.2 Å². The molecule has 2 aromatic rings. The van der Waals surface area contributed by atoms with E-state index in [0.717, 1.165) is 22.4 Å². The first-order chi connectivity index (χ1) is 12.5. The summed E-state index contributed by atoms with van der Waals surface area (Å²) in [6, 6.07) is 15.3. The maximum absolute atomic E-state index is 12.6. The molecule has 0 spiro atoms. The molecule has 0 bridgehead atoms. The molecule has 5 heteroatoms. The van der Waals surface area contributed by atoms with Crippen LogP contribution in [0.4, 0.5) is 10.5 Å². The minimum absolute atomic E-state index is 0.0864. The Morgan fingerprint density at radius 1 is 0.962 bits per heavy atom. The average molecular weight is 351 g/mol. The third-order valence-electron chi connectivity index (χ3n) is 4.75. The van der Waals surface area contributed by atoms with Crippen molar-refractivity contribution in [1.29, 1.82) is 0 Å². The SMILES string of the molecule is Cc1ccc(C)c(C(=O)CN2CCN(C(=O)Nc3ccccc3)CC2)c1. The maximum Gasteiger partial charge on any atom is 0.321 e. The monoisotopic (exact) mass is 351 g/mol. The zero-order valence-electron chi connectivity index (χ0n) is 15.4. The van der Waals surface area contributed by atoms with Gasteiger partial charge in [0.2, 0.25) is 0 Å². The molecule has 2 amide bonds. The van der Waals surface area contributed by atoms with E-state index in [2.05, 4.69) is 10.2 Å². The standard InChI is InChI=1S/C21H25N3O2/c1-16-8-9-17(2)19(14-16)20(25)15-23-10-12-24(13-11-23)21(26)22-18-6-4-3-5-7-18/h3-9,14H,10-13,15H2,1-2H3,(H,22,26). The number of ketones is 1. The number of carbonyl (C=O) groups is 2. The summed E-state index contributed by atoms with van der Waals surface area (Å²) < 4.78 is 0. The highest BCUT2D eigenvalue weighted by Gasteiger charge is 2.23. The summed E-state index contributed by atoms with van der Waals surface area (Å²) >= 11 is 0. The van der Waals surface area contributed by atoms with Crippen molar-refractivity contribution in [3.63, 3.8) is 0 Å². The molecule has 136 valence electrons. The van der Waals surface area contributed by atoms with E-state index in [0.29, 0.717) is 32.7 Å². The number of rotatable bonds is 4. The van der Waals surface area contributed by atoms with Gasteiger partial charge in [-0.2, -0.15) is 0 Å². The quantitative estimate of drug-likeness (QED) is 0.860. The summed E-state index contributed by atoms with van der Waals surface area (Å²) in [5.74, 6) is 0.147. The summed E-state index contributed by atoms with van der Waals surface area (Å²) in [5, 5.41) is 2.91. The van der Waals surface area contributed by atoms with E-state index < -0.39 is 0 Å². The number of anilines is 1. The number of urea groups is 1. The van der Waals surface area contributed by atoms with Crippen molar-refractivity contribution in [2.45, 2.75) is 13.8 Å². The molecule has 0 radical (unpaired) electrons. The lowest BCUT2D eigenvalue weighted by Gasteiger charge is -2.34. The van der Waals surface area contributed by atoms with E-state index in [1.807, 2.05) is 62.4 Å². The van der Waals surface area contributed by atoms with Gasteiger partial charge in [0, 0.05) is 37.4 Å². The zero-order chi connectivity index (χ0) is 18.5. The van der Waals surface area contributed by atoms with Crippen molar-refractivity contribution >= 4 is 17.5 Å². The largest absolute Gasteiger partial charge is 0.322 e. The van der Waals surface area contributed by atoms with Gasteiger partial charge in [0.25, 0.3) is 0 Å². The minimum Gasteiger partial charge on any atom is -0.322 e. The second-order valence-corrected chi connectivity index (χ2v) is 6.80. The molecule has 1 fully saturated rings. The molecule has 0 saturated carbocycles. The molecular formula is C21H25N3O2. The molecule has 0 unspecified atom stereocenters. The molecule has 0 aliphatic carbocycles. The van der Waals surface area contributed by atoms with E-state index in [1.54, 1.807) is 4.90 Å². The van der Waals surface area contributed by atoms with E-state index in [4.69, 9.17) is 0 Å². The number of carbonyl (C=O) groups excluding carboxylic acids is 2. The zero-order valence-corrected chi connectivity index (χ0v) is 15.4. The Morgan fingerprint density at radius 2 is 1.65 bits per heavy atom. The van der Waals surface area contributed by atoms with E-state index in [9.17, 15) is 9.59 Å². The van der Waals surface area contributed by atoms with Gasteiger partial charge in [0.05, 0.1) is 6.54 Å². The molecule has 3 rings (SSSR count). The van der Waals surface area contributed by atoms with Crippen LogP contribution in [0.15, 0.2) is 48.5 Å². The predicted octanol–water partition coefficient (Wildman–Crippen LogP) is 3.34. The van der Waals surface area contributed by atoms with Crippen LogP contribution >= 0.6 is 0 Å². The third-order valence-corrected chi connectivity index (χ3v) is 4.75. The second-order valence-electron chi connectivity index (χ2n) is 6.80. The summed E-state index contributed by atoms with van der Waals surface area (Å²) in [4.78, 5) is 28.9. The minimum atomic E-state index is -0.0864. The molecule has 0 atom stereocenters. The number of para-hydroxylation sites is 1. The molecule has 0 aromatic heterocycles. The molecule has 1 N–H and O–H groups in total. The van der Waals surface area contributed by atoms with Crippen LogP contribution in [-0.2, 0) is 0 Å². The Hall–Kier alpha value is -2.66. The molecular weight excluding hydrogens is 326 g/mol. The number of benzene rings is 2. The first-order valence-corrected chi connectivity index (χ1v) is 8.97. The van der Waals surface area contributed by atoms with Crippen LogP contribution in [0.5, 0.6) is 0 Å². The summed E-state index contributed by atoms with van der Waals surface area (Å²) in [5.41, 5.74) is 3.71. The third kappa shape index (κ3) is 4.49. The number of Topliss-reactive ketones (excluding diaryl/α,β-unsaturated/α-hetero) is 1. The van der Waals surface area contributed by atoms with Gasteiger partial charge in [-0.3, -0.25) is 9.69 Å². The first-order valence-electron chi connectivity index (χ1n) is 8.97. The number of piperazine rings is 1. The first kappa shape index (κ1) is 18.1. The van der Waals surface area contributed by atoms with Crippen molar-refractivity contribution in [1.82, 2.24) is 9.80 Å². The lowest BCUT2D eigenvalue weighted by molar-refractivity contribution is 0.0883. The fourth-order valence-corrected chi connectivity index (χ4v) is 3.16. The summed E-state index contributed by atoms with van der Waals surface area (Å²) in [7, 11) is 0. The van der Waals surface area contributed by atoms with E-state index >= 15 is 0 Å². The maximum atomic E-state index is 12.6. The van der Waals surface area contributed by atoms with Crippen LogP contribution in [-0.4, -0.2) is 54.3 Å². The average Bonchev–Trinajstić information content (AvgIpc) is 2.65. The second kappa shape index (κ2) is 8.15. The number of aryl methyl sites for hydroxylation is 2. The molecule has 1 saturated heterocycles. The van der Waals surface area contributed by atoms with Crippen LogP contribution < -0.4 is 5.32 Å². The lowest BCUT2D eigenvalue weighted by Crippen LogP contribution is -2.51. The van der Waals surface area contributed by atoms with Crippen LogP contribution in [0.25, 0.3) is 0 Å². The van der Waals surface area contributed by atoms with E-state index in [-0.39, 0.29) is 11.8 Å². The van der Waals surface area contributed by atoms with Crippen molar-refractivity contribution in [2.75, 3.05) is 38.0 Å². The highest BCUT2D eigenvalue weighted by molar-refractivity contribution is 5.99. The van der Waals surface area contributed by atoms with Gasteiger partial charge in [-0.25, -0.2) is 4.79 Å². The Morgan fingerprint density at radius 3 is 2.35 bits per heavy atom. The van der Waals surface area contributed by atoms with Crippen molar-refractivity contribution in [2.24, 2.45) is 0 Å². The Balaban J connectivity index is 1.51. The van der Waals surface area contributed by atoms with Gasteiger partial charge in [0.15, 0.2) is 5.78 Å². The molecule has 1 heterocycles. The van der Waals surface area contributed by atoms with Gasteiger partial charge in [-0.05, 0) is 37.6 Å². The van der Waals surface area contributed by atoms with Crippen molar-refractivity contribution in [3.8, 4) is 0 Å². The fraction of sp³-hybridized carbons (Fsp3) is 0.333. The van der Waals surface area contributed by atoms with Gasteiger partial charge < -0.3 is 10.2 Å². The summed E-state index contributed by atoms with van der Waals surface area (Å²) in [6.45, 7) is 7.03. The van der Waals surface area contributed by atoms with Crippen molar-refractivity contribution < 1.29 is 9.59 Å². The smallest absolute Gasteiger partial charge is 0.321 e. The van der Waals surface area contributed by atoms with Crippen LogP contribution in [0.3, 0.4) is 0 Å². The van der Waals surface area contributed by atoms with E-state index in [1.165, 1.54) is 0 Å². The number of nitrogens with zero attached hydrogens (tertiary/aromatic N) is 2.